The molecule has 1 N–H and O–H groups in total. The molecule has 1 saturated heterocycles. The van der Waals surface area contributed by atoms with Crippen molar-refractivity contribution in [2.75, 3.05) is 53.4 Å². The Morgan fingerprint density at radius 3 is 2.61 bits per heavy atom. The van der Waals surface area contributed by atoms with E-state index in [1.807, 2.05) is 0 Å². The molecule has 1 aromatic heterocycles. The lowest BCUT2D eigenvalue weighted by Crippen LogP contribution is -2.54. The van der Waals surface area contributed by atoms with Gasteiger partial charge in [-0.3, -0.25) is 4.99 Å². The molecule has 2 fully saturated rings. The van der Waals surface area contributed by atoms with E-state index >= 15 is 0 Å². The Bertz CT molecular complexity index is 735. The van der Waals surface area contributed by atoms with E-state index in [9.17, 15) is 8.42 Å². The van der Waals surface area contributed by atoms with Crippen molar-refractivity contribution in [1.82, 2.24) is 24.6 Å². The number of piperazine rings is 1. The molecular formula is C18H32N6O3S. The molecule has 0 bridgehead atoms. The van der Waals surface area contributed by atoms with Crippen LogP contribution in [0.1, 0.15) is 25.5 Å². The van der Waals surface area contributed by atoms with Crippen molar-refractivity contribution in [3.8, 4) is 0 Å². The molecule has 1 unspecified atom stereocenters. The van der Waals surface area contributed by atoms with Gasteiger partial charge in [-0.1, -0.05) is 5.16 Å². The summed E-state index contributed by atoms with van der Waals surface area (Å²) in [6.45, 7) is 5.76. The summed E-state index contributed by atoms with van der Waals surface area (Å²) in [5, 5.41) is 7.08. The first-order chi connectivity index (χ1) is 13.4. The molecule has 10 heteroatoms. The van der Waals surface area contributed by atoms with Crippen LogP contribution in [-0.2, 0) is 15.8 Å². The Labute approximate surface area is 167 Å². The SMILES string of the molecule is CCNC(=NCC(C1CC1)N(C)C)N1CCN(S(=O)(=O)Cc2ccon2)CC1. The molecule has 158 valence electrons. The zero-order valence-corrected chi connectivity index (χ0v) is 17.9. The smallest absolute Gasteiger partial charge is 0.220 e. The third-order valence-corrected chi connectivity index (χ3v) is 7.16. The number of guanidine groups is 1. The monoisotopic (exact) mass is 412 g/mol. The van der Waals surface area contributed by atoms with Gasteiger partial charge in [0, 0.05) is 44.8 Å². The molecular weight excluding hydrogens is 380 g/mol. The lowest BCUT2D eigenvalue weighted by Gasteiger charge is -2.36. The van der Waals surface area contributed by atoms with Crippen LogP contribution in [-0.4, -0.2) is 93.0 Å². The largest absolute Gasteiger partial charge is 0.364 e. The van der Waals surface area contributed by atoms with E-state index in [1.165, 1.54) is 23.4 Å². The molecule has 0 aromatic carbocycles. The van der Waals surface area contributed by atoms with Crippen molar-refractivity contribution in [2.45, 2.75) is 31.6 Å². The fourth-order valence-electron chi connectivity index (χ4n) is 3.59. The number of hydrogen-bond donors (Lipinski definition) is 1. The van der Waals surface area contributed by atoms with Crippen LogP contribution in [0.3, 0.4) is 0 Å². The van der Waals surface area contributed by atoms with E-state index in [2.05, 4.69) is 41.3 Å². The number of rotatable bonds is 8. The Morgan fingerprint density at radius 1 is 1.36 bits per heavy atom. The van der Waals surface area contributed by atoms with E-state index in [1.54, 1.807) is 6.07 Å². The maximum atomic E-state index is 12.6. The number of hydrogen-bond acceptors (Lipinski definition) is 6. The van der Waals surface area contributed by atoms with Crippen LogP contribution in [0.5, 0.6) is 0 Å². The van der Waals surface area contributed by atoms with Gasteiger partial charge in [-0.2, -0.15) is 4.31 Å². The first-order valence-electron chi connectivity index (χ1n) is 9.97. The van der Waals surface area contributed by atoms with Crippen molar-refractivity contribution in [2.24, 2.45) is 10.9 Å². The second-order valence-electron chi connectivity index (χ2n) is 7.70. The lowest BCUT2D eigenvalue weighted by molar-refractivity contribution is 0.253. The third kappa shape index (κ3) is 5.45. The average Bonchev–Trinajstić information content (AvgIpc) is 3.37. The minimum atomic E-state index is -3.39. The van der Waals surface area contributed by atoms with Gasteiger partial charge in [-0.05, 0) is 39.8 Å². The standard InChI is InChI=1S/C18H32N6O3S/c1-4-19-18(20-13-17(22(2)3)15-5-6-15)23-8-10-24(11-9-23)28(25,26)14-16-7-12-27-21-16/h7,12,15,17H,4-6,8-11,13-14H2,1-3H3,(H,19,20). The summed E-state index contributed by atoms with van der Waals surface area (Å²) >= 11 is 0. The number of sulfonamides is 1. The van der Waals surface area contributed by atoms with Crippen molar-refractivity contribution < 1.29 is 12.9 Å². The van der Waals surface area contributed by atoms with Crippen molar-refractivity contribution in [1.29, 1.82) is 0 Å². The molecule has 2 heterocycles. The van der Waals surface area contributed by atoms with Crippen LogP contribution in [0.25, 0.3) is 0 Å². The molecule has 1 aliphatic heterocycles. The highest BCUT2D eigenvalue weighted by Crippen LogP contribution is 2.34. The minimum absolute atomic E-state index is 0.121. The van der Waals surface area contributed by atoms with Crippen LogP contribution in [0.2, 0.25) is 0 Å². The molecule has 28 heavy (non-hydrogen) atoms. The molecule has 1 aliphatic carbocycles. The average molecular weight is 413 g/mol. The fourth-order valence-corrected chi connectivity index (χ4v) is 5.01. The van der Waals surface area contributed by atoms with Crippen LogP contribution in [0.4, 0.5) is 0 Å². The van der Waals surface area contributed by atoms with Gasteiger partial charge in [0.25, 0.3) is 0 Å². The zero-order valence-electron chi connectivity index (χ0n) is 17.0. The zero-order chi connectivity index (χ0) is 20.1. The number of nitrogens with one attached hydrogen (secondary N) is 1. The van der Waals surface area contributed by atoms with Gasteiger partial charge in [0.1, 0.15) is 12.0 Å². The summed E-state index contributed by atoms with van der Waals surface area (Å²) in [6, 6.07) is 2.06. The Kier molecular flexibility index (Phi) is 6.95. The topological polar surface area (TPSA) is 94.3 Å². The molecule has 3 rings (SSSR count). The Morgan fingerprint density at radius 2 is 2.07 bits per heavy atom. The Balaban J connectivity index is 1.58. The predicted molar refractivity (Wildman–Crippen MR) is 108 cm³/mol. The minimum Gasteiger partial charge on any atom is -0.364 e. The van der Waals surface area contributed by atoms with E-state index in [0.29, 0.717) is 37.9 Å². The van der Waals surface area contributed by atoms with Crippen LogP contribution >= 0.6 is 0 Å². The van der Waals surface area contributed by atoms with Gasteiger partial charge < -0.3 is 19.6 Å². The molecule has 1 aromatic rings. The van der Waals surface area contributed by atoms with Crippen molar-refractivity contribution in [3.05, 3.63) is 18.0 Å². The molecule has 9 nitrogen and oxygen atoms in total. The van der Waals surface area contributed by atoms with E-state index in [-0.39, 0.29) is 5.75 Å². The number of likely N-dealkylation sites (N-methyl/N-ethyl adjacent to an activating group) is 1. The maximum Gasteiger partial charge on any atom is 0.220 e. The maximum absolute atomic E-state index is 12.6. The van der Waals surface area contributed by atoms with E-state index < -0.39 is 10.0 Å². The molecule has 0 amide bonds. The summed E-state index contributed by atoms with van der Waals surface area (Å²) in [5.41, 5.74) is 0.437. The molecule has 0 spiro atoms. The first kappa shape index (κ1) is 21.1. The fraction of sp³-hybridized carbons (Fsp3) is 0.778. The quantitative estimate of drug-likeness (QED) is 0.489. The summed E-state index contributed by atoms with van der Waals surface area (Å²) < 4.78 is 31.5. The highest BCUT2D eigenvalue weighted by Gasteiger charge is 2.33. The summed E-state index contributed by atoms with van der Waals surface area (Å²) in [5.74, 6) is 1.51. The van der Waals surface area contributed by atoms with Crippen molar-refractivity contribution in [3.63, 3.8) is 0 Å². The number of nitrogens with zero attached hydrogens (tertiary/aromatic N) is 5. The first-order valence-corrected chi connectivity index (χ1v) is 11.6. The summed E-state index contributed by atoms with van der Waals surface area (Å²) in [4.78, 5) is 9.29. The lowest BCUT2D eigenvalue weighted by atomic mass is 10.2. The highest BCUT2D eigenvalue weighted by molar-refractivity contribution is 7.88. The Hall–Kier alpha value is -1.65. The van der Waals surface area contributed by atoms with Crippen LogP contribution < -0.4 is 5.32 Å². The third-order valence-electron chi connectivity index (χ3n) is 5.35. The number of aromatic nitrogens is 1. The molecule has 1 saturated carbocycles. The predicted octanol–water partition coefficient (Wildman–Crippen LogP) is 0.428. The number of aliphatic imine (C=N–C) groups is 1. The summed E-state index contributed by atoms with van der Waals surface area (Å²) in [6.07, 6.45) is 3.97. The second kappa shape index (κ2) is 9.23. The highest BCUT2D eigenvalue weighted by atomic mass is 32.2. The van der Waals surface area contributed by atoms with Gasteiger partial charge >= 0.3 is 0 Å². The molecule has 1 atom stereocenters. The van der Waals surface area contributed by atoms with E-state index in [0.717, 1.165) is 25.0 Å². The second-order valence-corrected chi connectivity index (χ2v) is 9.67. The normalized spacial score (nSPS) is 20.6. The summed E-state index contributed by atoms with van der Waals surface area (Å²) in [7, 11) is 0.840. The molecule has 0 radical (unpaired) electrons. The van der Waals surface area contributed by atoms with E-state index in [4.69, 9.17) is 9.52 Å². The van der Waals surface area contributed by atoms with Gasteiger partial charge in [0.2, 0.25) is 10.0 Å². The van der Waals surface area contributed by atoms with Gasteiger partial charge in [0.15, 0.2) is 5.96 Å². The molecule has 2 aliphatic rings. The van der Waals surface area contributed by atoms with Crippen LogP contribution in [0, 0.1) is 5.92 Å². The van der Waals surface area contributed by atoms with Gasteiger partial charge in [-0.15, -0.1) is 0 Å². The van der Waals surface area contributed by atoms with Gasteiger partial charge in [-0.25, -0.2) is 8.42 Å². The van der Waals surface area contributed by atoms with Crippen LogP contribution in [0.15, 0.2) is 21.8 Å². The van der Waals surface area contributed by atoms with Crippen molar-refractivity contribution >= 4 is 16.0 Å². The van der Waals surface area contributed by atoms with Gasteiger partial charge in [0.05, 0.1) is 12.2 Å².